The van der Waals surface area contributed by atoms with Crippen molar-refractivity contribution in [3.05, 3.63) is 182 Å². The number of rotatable bonds is 3. The van der Waals surface area contributed by atoms with Crippen LogP contribution in [0.5, 0.6) is 0 Å². The summed E-state index contributed by atoms with van der Waals surface area (Å²) in [6, 6.07) is 43.5. The maximum absolute atomic E-state index is 2.59. The van der Waals surface area contributed by atoms with Crippen LogP contribution in [0.15, 0.2) is 139 Å². The van der Waals surface area contributed by atoms with Crippen molar-refractivity contribution in [2.45, 2.75) is 58.8 Å². The average molecular weight is 720 g/mol. The van der Waals surface area contributed by atoms with Crippen LogP contribution in [0.1, 0.15) is 74.8 Å². The van der Waals surface area contributed by atoms with Gasteiger partial charge >= 0.3 is 0 Å². The first-order valence-electron chi connectivity index (χ1n) is 20.9. The first-order chi connectivity index (χ1) is 27.6. The van der Waals surface area contributed by atoms with Gasteiger partial charge in [-0.05, 0) is 168 Å². The maximum atomic E-state index is 2.59. The van der Waals surface area contributed by atoms with Gasteiger partial charge in [-0.15, -0.1) is 0 Å². The zero-order chi connectivity index (χ0) is 37.1. The van der Waals surface area contributed by atoms with Gasteiger partial charge in [-0.1, -0.05) is 129 Å². The molecule has 0 spiro atoms. The Morgan fingerprint density at radius 3 is 2.09 bits per heavy atom. The fourth-order valence-electron chi connectivity index (χ4n) is 11.6. The Morgan fingerprint density at radius 2 is 1.29 bits per heavy atom. The SMILES string of the molecule is CC1(C)C2=C(CCC=C2)C2=c3ccccc3=C(c3c4c(c(C5=Cc6c(n(-c7ccccc7)c7cc8ccccc8cc67)CC5)c5ccccc35)=CCCC=4)CC21. The Bertz CT molecular complexity index is 3230. The molecule has 0 fully saturated rings. The van der Waals surface area contributed by atoms with Crippen LogP contribution in [0.4, 0.5) is 0 Å². The first-order valence-corrected chi connectivity index (χ1v) is 20.9. The molecule has 1 heteroatoms. The highest BCUT2D eigenvalue weighted by atomic mass is 15.0. The van der Waals surface area contributed by atoms with E-state index in [1.54, 1.807) is 16.7 Å². The number of nitrogens with zero attached hydrogens (tertiary/aromatic N) is 1. The Labute approximate surface area is 328 Å². The lowest BCUT2D eigenvalue weighted by molar-refractivity contribution is 0.356. The molecule has 270 valence electrons. The summed E-state index contributed by atoms with van der Waals surface area (Å²) in [6.45, 7) is 5.03. The van der Waals surface area contributed by atoms with E-state index in [0.29, 0.717) is 5.92 Å². The average Bonchev–Trinajstić information content (AvgIpc) is 3.68. The van der Waals surface area contributed by atoms with Gasteiger partial charge in [0.2, 0.25) is 0 Å². The Kier molecular flexibility index (Phi) is 6.95. The van der Waals surface area contributed by atoms with Gasteiger partial charge in [0, 0.05) is 22.3 Å². The lowest BCUT2D eigenvalue weighted by atomic mass is 9.69. The standard InChI is InChI=1S/C55H45N/c1-55(2)48-27-15-14-26-44(48)54-39-21-9-8-20-38(39)47(33-49(54)55)53-42-24-12-10-22-40(42)52(41-23-11-13-25-43(41)53)36-28-29-50-45(31-36)46-30-34-16-6-7-17-35(34)32-51(46)56(50)37-18-4-3-5-19-37/h3-10,12,15-25,27,30-32,49H,11,13-14,26,28-29,33H2,1-2H3. The summed E-state index contributed by atoms with van der Waals surface area (Å²) < 4.78 is 2.54. The summed E-state index contributed by atoms with van der Waals surface area (Å²) in [5, 5.41) is 12.5. The van der Waals surface area contributed by atoms with Gasteiger partial charge in [0.1, 0.15) is 0 Å². The normalized spacial score (nSPS) is 19.2. The number of hydrogen-bond acceptors (Lipinski definition) is 0. The van der Waals surface area contributed by atoms with Crippen molar-refractivity contribution < 1.29 is 0 Å². The van der Waals surface area contributed by atoms with E-state index in [4.69, 9.17) is 0 Å². The van der Waals surface area contributed by atoms with E-state index in [2.05, 4.69) is 164 Å². The molecule has 1 nitrogen and oxygen atoms in total. The van der Waals surface area contributed by atoms with Gasteiger partial charge in [-0.2, -0.15) is 0 Å². The second-order valence-electron chi connectivity index (χ2n) is 17.3. The molecule has 0 N–H and O–H groups in total. The number of hydrogen-bond donors (Lipinski definition) is 0. The molecule has 6 aromatic carbocycles. The Morgan fingerprint density at radius 1 is 0.607 bits per heavy atom. The smallest absolute Gasteiger partial charge is 0.0544 e. The fourth-order valence-corrected chi connectivity index (χ4v) is 11.6. The molecule has 12 rings (SSSR count). The van der Waals surface area contributed by atoms with E-state index in [0.717, 1.165) is 44.9 Å². The number of benzene rings is 6. The van der Waals surface area contributed by atoms with Gasteiger partial charge in [0.05, 0.1) is 5.52 Å². The van der Waals surface area contributed by atoms with Crippen molar-refractivity contribution in [2.24, 2.45) is 11.3 Å². The van der Waals surface area contributed by atoms with Crippen LogP contribution >= 0.6 is 0 Å². The highest BCUT2D eigenvalue weighted by Gasteiger charge is 2.46. The van der Waals surface area contributed by atoms with Crippen molar-refractivity contribution in [3.63, 3.8) is 0 Å². The molecule has 0 amide bonds. The molecule has 0 saturated carbocycles. The Hall–Kier alpha value is -5.92. The van der Waals surface area contributed by atoms with E-state index in [9.17, 15) is 0 Å². The van der Waals surface area contributed by atoms with Crippen molar-refractivity contribution in [1.29, 1.82) is 0 Å². The van der Waals surface area contributed by atoms with Gasteiger partial charge in [0.15, 0.2) is 0 Å². The molecule has 1 unspecified atom stereocenters. The molecule has 1 aromatic heterocycles. The number of allylic oxidation sites excluding steroid dienone is 5. The third kappa shape index (κ3) is 4.49. The molecule has 7 aromatic rings. The summed E-state index contributed by atoms with van der Waals surface area (Å²) in [6.07, 6.45) is 20.2. The van der Waals surface area contributed by atoms with Crippen LogP contribution in [0.3, 0.4) is 0 Å². The molecular formula is C55H45N. The molecule has 5 aliphatic rings. The van der Waals surface area contributed by atoms with Crippen molar-refractivity contribution >= 4 is 67.4 Å². The summed E-state index contributed by atoms with van der Waals surface area (Å²) in [4.78, 5) is 0. The minimum Gasteiger partial charge on any atom is -0.313 e. The van der Waals surface area contributed by atoms with E-state index in [1.807, 2.05) is 0 Å². The number of fused-ring (bicyclic) bond motifs is 9. The van der Waals surface area contributed by atoms with Crippen LogP contribution in [-0.4, -0.2) is 4.57 Å². The number of para-hydroxylation sites is 1. The predicted molar refractivity (Wildman–Crippen MR) is 237 cm³/mol. The van der Waals surface area contributed by atoms with Crippen molar-refractivity contribution in [2.75, 3.05) is 0 Å². The topological polar surface area (TPSA) is 4.93 Å². The first kappa shape index (κ1) is 32.3. The van der Waals surface area contributed by atoms with Gasteiger partial charge < -0.3 is 4.57 Å². The van der Waals surface area contributed by atoms with Crippen LogP contribution in [-0.2, 0) is 6.42 Å². The van der Waals surface area contributed by atoms with Gasteiger partial charge in [-0.25, -0.2) is 0 Å². The number of aromatic nitrogens is 1. The molecule has 0 saturated heterocycles. The fraction of sp³-hybridized carbons (Fsp3) is 0.200. The molecule has 0 aliphatic heterocycles. The summed E-state index contributed by atoms with van der Waals surface area (Å²) in [7, 11) is 0. The van der Waals surface area contributed by atoms with E-state index < -0.39 is 0 Å². The van der Waals surface area contributed by atoms with Gasteiger partial charge in [0.25, 0.3) is 0 Å². The third-order valence-corrected chi connectivity index (χ3v) is 14.1. The maximum Gasteiger partial charge on any atom is 0.0544 e. The molecule has 1 heterocycles. The molecule has 0 radical (unpaired) electrons. The molecule has 56 heavy (non-hydrogen) atoms. The van der Waals surface area contributed by atoms with E-state index >= 15 is 0 Å². The van der Waals surface area contributed by atoms with Gasteiger partial charge in [-0.3, -0.25) is 0 Å². The summed E-state index contributed by atoms with van der Waals surface area (Å²) in [5.74, 6) is 0.472. The Balaban J connectivity index is 1.14. The summed E-state index contributed by atoms with van der Waals surface area (Å²) >= 11 is 0. The second-order valence-corrected chi connectivity index (χ2v) is 17.3. The lowest BCUT2D eigenvalue weighted by Crippen LogP contribution is -2.41. The zero-order valence-electron chi connectivity index (χ0n) is 32.3. The van der Waals surface area contributed by atoms with Crippen LogP contribution < -0.4 is 20.9 Å². The van der Waals surface area contributed by atoms with Crippen LogP contribution in [0, 0.1) is 11.3 Å². The highest BCUT2D eigenvalue weighted by molar-refractivity contribution is 6.09. The predicted octanol–water partition coefficient (Wildman–Crippen LogP) is 10.8. The van der Waals surface area contributed by atoms with Crippen LogP contribution in [0.2, 0.25) is 0 Å². The second kappa shape index (κ2) is 12.0. The minimum absolute atomic E-state index is 0.0981. The monoisotopic (exact) mass is 719 g/mol. The highest BCUT2D eigenvalue weighted by Crippen LogP contribution is 2.57. The molecular weight excluding hydrogens is 675 g/mol. The van der Waals surface area contributed by atoms with E-state index in [1.165, 1.54) is 92.5 Å². The lowest BCUT2D eigenvalue weighted by Gasteiger charge is -2.34. The summed E-state index contributed by atoms with van der Waals surface area (Å²) in [5.41, 5.74) is 16.2. The molecule has 0 bridgehead atoms. The van der Waals surface area contributed by atoms with E-state index in [-0.39, 0.29) is 5.41 Å². The molecule has 1 atom stereocenters. The van der Waals surface area contributed by atoms with Crippen molar-refractivity contribution in [3.8, 4) is 5.69 Å². The quantitative estimate of drug-likeness (QED) is 0.171. The third-order valence-electron chi connectivity index (χ3n) is 14.1. The van der Waals surface area contributed by atoms with Crippen molar-refractivity contribution in [1.82, 2.24) is 4.57 Å². The van der Waals surface area contributed by atoms with Crippen LogP contribution in [0.25, 0.3) is 73.1 Å². The molecule has 5 aliphatic carbocycles. The largest absolute Gasteiger partial charge is 0.313 e. The zero-order valence-corrected chi connectivity index (χ0v) is 32.3. The minimum atomic E-state index is 0.0981.